The van der Waals surface area contributed by atoms with Gasteiger partial charge in [-0.05, 0) is 24.3 Å². The fraction of sp³-hybridized carbons (Fsp3) is 0. The summed E-state index contributed by atoms with van der Waals surface area (Å²) in [5, 5.41) is -1.65. The topological polar surface area (TPSA) is 18.5 Å². The number of rotatable bonds is 5. The summed E-state index contributed by atoms with van der Waals surface area (Å²) >= 11 is 0. The van der Waals surface area contributed by atoms with Crippen molar-refractivity contribution in [1.29, 1.82) is 0 Å². The maximum absolute atomic E-state index is 14.5. The largest absolute Gasteiger partial charge is 0.639 e. The molecule has 0 fully saturated rings. The van der Waals surface area contributed by atoms with E-state index in [1.54, 1.807) is 0 Å². The molecule has 186 valence electrons. The van der Waals surface area contributed by atoms with Crippen LogP contribution in [0, 0.1) is 64.0 Å². The lowest BCUT2D eigenvalue weighted by Gasteiger charge is -2.20. The van der Waals surface area contributed by atoms with Crippen molar-refractivity contribution in [3.05, 3.63) is 100 Å². The Morgan fingerprint density at radius 3 is 1.67 bits per heavy atom. The Hall–Kier alpha value is -3.97. The number of hydrogen-bond acceptors (Lipinski definition) is 2. The molecule has 0 radical (unpaired) electrons. The molecule has 0 aliphatic heterocycles. The van der Waals surface area contributed by atoms with Gasteiger partial charge in [0.05, 0.1) is 10.8 Å². The maximum atomic E-state index is 14.5. The van der Waals surface area contributed by atoms with E-state index in [0.717, 1.165) is 6.07 Å². The van der Waals surface area contributed by atoms with Gasteiger partial charge in [0.2, 0.25) is 0 Å². The molecular weight excluding hydrogens is 516 g/mol. The smallest absolute Gasteiger partial charge is 0.521 e. The van der Waals surface area contributed by atoms with Gasteiger partial charge in [-0.2, -0.15) is 4.39 Å². The van der Waals surface area contributed by atoms with Crippen molar-refractivity contribution in [1.82, 2.24) is 0 Å². The summed E-state index contributed by atoms with van der Waals surface area (Å²) in [4.78, 5) is 0. The molecule has 4 aromatic rings. The van der Waals surface area contributed by atoms with E-state index in [4.69, 9.17) is 9.31 Å². The van der Waals surface area contributed by atoms with Crippen LogP contribution < -0.4 is 14.8 Å². The van der Waals surface area contributed by atoms with Crippen LogP contribution in [-0.4, -0.2) is 7.12 Å². The van der Waals surface area contributed by atoms with Gasteiger partial charge in [-0.15, -0.1) is 0 Å². The second-order valence-electron chi connectivity index (χ2n) is 7.08. The Labute approximate surface area is 193 Å². The monoisotopic (exact) mass is 522 g/mol. The zero-order valence-corrected chi connectivity index (χ0v) is 17.0. The summed E-state index contributed by atoms with van der Waals surface area (Å²) in [6, 6.07) is 2.64. The van der Waals surface area contributed by atoms with Gasteiger partial charge in [0.25, 0.3) is 0 Å². The van der Waals surface area contributed by atoms with E-state index in [9.17, 15) is 48.3 Å². The van der Waals surface area contributed by atoms with E-state index in [2.05, 4.69) is 0 Å². The van der Waals surface area contributed by atoms with Gasteiger partial charge in [-0.25, -0.2) is 43.9 Å². The third kappa shape index (κ3) is 4.16. The quantitative estimate of drug-likeness (QED) is 0.134. The van der Waals surface area contributed by atoms with Crippen LogP contribution in [0.3, 0.4) is 0 Å². The second kappa shape index (κ2) is 9.24. The first-order valence-corrected chi connectivity index (χ1v) is 9.47. The molecule has 2 nitrogen and oxygen atoms in total. The molecule has 0 heterocycles. The average molecular weight is 522 g/mol. The van der Waals surface area contributed by atoms with Crippen LogP contribution in [0.1, 0.15) is 0 Å². The molecule has 0 spiro atoms. The first kappa shape index (κ1) is 25.1. The lowest BCUT2D eigenvalue weighted by Crippen LogP contribution is -2.48. The Morgan fingerprint density at radius 1 is 0.472 bits per heavy atom. The predicted octanol–water partition coefficient (Wildman–Crippen LogP) is 6.22. The summed E-state index contributed by atoms with van der Waals surface area (Å²) in [6.07, 6.45) is 0. The zero-order chi connectivity index (χ0) is 26.5. The van der Waals surface area contributed by atoms with Crippen LogP contribution in [-0.2, 0) is 0 Å². The van der Waals surface area contributed by atoms with Gasteiger partial charge in [-0.3, -0.25) is 0 Å². The van der Waals surface area contributed by atoms with Crippen LogP contribution in [0.5, 0.6) is 11.5 Å². The summed E-state index contributed by atoms with van der Waals surface area (Å²) in [5.74, 6) is -24.6. The highest BCUT2D eigenvalue weighted by Crippen LogP contribution is 2.32. The Balaban J connectivity index is 1.95. The van der Waals surface area contributed by atoms with Crippen molar-refractivity contribution in [3.8, 4) is 11.5 Å². The molecular formula is C22H6BF11O2. The van der Waals surface area contributed by atoms with Crippen LogP contribution in [0.4, 0.5) is 48.3 Å². The van der Waals surface area contributed by atoms with Crippen LogP contribution >= 0.6 is 0 Å². The van der Waals surface area contributed by atoms with Crippen molar-refractivity contribution >= 4 is 23.4 Å². The Morgan fingerprint density at radius 2 is 1.03 bits per heavy atom. The molecule has 36 heavy (non-hydrogen) atoms. The van der Waals surface area contributed by atoms with Crippen molar-refractivity contribution in [3.63, 3.8) is 0 Å². The van der Waals surface area contributed by atoms with Crippen LogP contribution in [0.25, 0.3) is 10.8 Å². The van der Waals surface area contributed by atoms with E-state index < -0.39 is 98.8 Å². The van der Waals surface area contributed by atoms with Crippen molar-refractivity contribution in [2.24, 2.45) is 0 Å². The maximum Gasteiger partial charge on any atom is 0.639 e. The zero-order valence-electron chi connectivity index (χ0n) is 17.0. The molecule has 0 atom stereocenters. The number of benzene rings is 4. The molecule has 0 bridgehead atoms. The van der Waals surface area contributed by atoms with Gasteiger partial charge in [0.15, 0.2) is 52.4 Å². The third-order valence-corrected chi connectivity index (χ3v) is 4.89. The van der Waals surface area contributed by atoms with Crippen molar-refractivity contribution in [2.45, 2.75) is 0 Å². The minimum Gasteiger partial charge on any atom is -0.521 e. The fourth-order valence-corrected chi connectivity index (χ4v) is 3.23. The van der Waals surface area contributed by atoms with E-state index in [1.165, 1.54) is 0 Å². The summed E-state index contributed by atoms with van der Waals surface area (Å²) in [5.41, 5.74) is -1.88. The molecule has 0 unspecified atom stereocenters. The van der Waals surface area contributed by atoms with Gasteiger partial charge >= 0.3 is 7.12 Å². The van der Waals surface area contributed by atoms with Gasteiger partial charge in [0.1, 0.15) is 23.1 Å². The van der Waals surface area contributed by atoms with E-state index in [0.29, 0.717) is 18.2 Å². The van der Waals surface area contributed by atoms with Gasteiger partial charge < -0.3 is 9.31 Å². The molecule has 0 amide bonds. The van der Waals surface area contributed by atoms with Crippen LogP contribution in [0.15, 0.2) is 36.4 Å². The molecule has 0 aliphatic rings. The fourth-order valence-electron chi connectivity index (χ4n) is 3.23. The first-order valence-electron chi connectivity index (χ1n) is 9.47. The average Bonchev–Trinajstić information content (AvgIpc) is 2.83. The molecule has 14 heteroatoms. The lowest BCUT2D eigenvalue weighted by atomic mass is 9.77. The molecule has 4 rings (SSSR count). The Kier molecular flexibility index (Phi) is 6.45. The Bertz CT molecular complexity index is 1500. The number of hydrogen-bond donors (Lipinski definition) is 0. The van der Waals surface area contributed by atoms with E-state index >= 15 is 0 Å². The highest BCUT2D eigenvalue weighted by atomic mass is 19.2. The summed E-state index contributed by atoms with van der Waals surface area (Å²) in [7, 11) is -2.88. The number of fused-ring (bicyclic) bond motifs is 1. The summed E-state index contributed by atoms with van der Waals surface area (Å²) in [6.45, 7) is 0. The molecule has 0 aliphatic carbocycles. The van der Waals surface area contributed by atoms with Crippen molar-refractivity contribution in [2.75, 3.05) is 0 Å². The lowest BCUT2D eigenvalue weighted by molar-refractivity contribution is 0.371. The minimum absolute atomic E-state index is 0.0568. The van der Waals surface area contributed by atoms with Crippen LogP contribution in [0.2, 0.25) is 0 Å². The number of halogens is 11. The van der Waals surface area contributed by atoms with Crippen molar-refractivity contribution < 1.29 is 57.6 Å². The SMILES string of the molecule is Fc1cc(F)c(F)c(OB(Oc2ccc(F)c3c(F)c(F)ccc23)c2c(F)c(F)c(F)c(F)c2F)c1. The first-order chi connectivity index (χ1) is 16.9. The second-order valence-corrected chi connectivity index (χ2v) is 7.08. The van der Waals surface area contributed by atoms with Gasteiger partial charge in [0, 0.05) is 17.5 Å². The molecule has 0 saturated carbocycles. The summed E-state index contributed by atoms with van der Waals surface area (Å²) < 4.78 is 163. The van der Waals surface area contributed by atoms with E-state index in [1.807, 2.05) is 0 Å². The van der Waals surface area contributed by atoms with Gasteiger partial charge in [-0.1, -0.05) is 0 Å². The third-order valence-electron chi connectivity index (χ3n) is 4.89. The molecule has 4 aromatic carbocycles. The van der Waals surface area contributed by atoms with E-state index in [-0.39, 0.29) is 12.1 Å². The normalized spacial score (nSPS) is 11.2. The molecule has 0 aromatic heterocycles. The molecule has 0 saturated heterocycles. The minimum atomic E-state index is -2.88. The predicted molar refractivity (Wildman–Crippen MR) is 103 cm³/mol. The highest BCUT2D eigenvalue weighted by Gasteiger charge is 2.40. The molecule has 0 N–H and O–H groups in total. The highest BCUT2D eigenvalue weighted by molar-refractivity contribution is 6.63. The standard InChI is InChI=1S/C22H6BF11O2/c24-7-5-11(27)16(28)13(6-7)36-23(15-18(30)20(32)22(34)21(33)19(15)31)35-12-4-3-9(25)14-8(12)1-2-10(26)17(14)29/h1-6H.